The maximum absolute atomic E-state index is 12.1. The van der Waals surface area contributed by atoms with Crippen LogP contribution < -0.4 is 0 Å². The normalized spacial score (nSPS) is 9.74. The van der Waals surface area contributed by atoms with E-state index in [1.807, 2.05) is 6.07 Å². The quantitative estimate of drug-likeness (QED) is 0.613. The van der Waals surface area contributed by atoms with Crippen LogP contribution in [0.25, 0.3) is 0 Å². The summed E-state index contributed by atoms with van der Waals surface area (Å²) in [7, 11) is 0. The fraction of sp³-hybridized carbons (Fsp3) is 0.333. The van der Waals surface area contributed by atoms with Crippen molar-refractivity contribution in [2.24, 2.45) is 0 Å². The Morgan fingerprint density at radius 3 is 2.74 bits per heavy atom. The van der Waals surface area contributed by atoms with Gasteiger partial charge in [-0.15, -0.1) is 0 Å². The summed E-state index contributed by atoms with van der Waals surface area (Å²) < 4.78 is 0. The van der Waals surface area contributed by atoms with Crippen molar-refractivity contribution >= 4 is 23.2 Å². The molecule has 0 spiro atoms. The van der Waals surface area contributed by atoms with Crippen LogP contribution in [0.2, 0.25) is 5.02 Å². The molecule has 0 aliphatic carbocycles. The second kappa shape index (κ2) is 6.71. The van der Waals surface area contributed by atoms with Gasteiger partial charge in [0.05, 0.1) is 17.4 Å². The van der Waals surface area contributed by atoms with E-state index in [-0.39, 0.29) is 35.1 Å². The Morgan fingerprint density at radius 1 is 1.53 bits per heavy atom. The number of amides is 1. The van der Waals surface area contributed by atoms with Gasteiger partial charge in [0.25, 0.3) is 11.6 Å². The number of rotatable bonds is 5. The topological polar surface area (TPSA) is 87.2 Å². The molecule has 1 amide bonds. The molecular weight excluding hydrogens is 270 g/mol. The summed E-state index contributed by atoms with van der Waals surface area (Å²) >= 11 is 5.76. The maximum atomic E-state index is 12.1. The molecular formula is C12H12ClN3O3. The molecule has 0 radical (unpaired) electrons. The number of nitriles is 1. The summed E-state index contributed by atoms with van der Waals surface area (Å²) in [6, 6.07) is 5.70. The SMILES string of the molecule is CCN(CCC#N)C(=O)c1cc(Cl)cc([N+](=O)[O-])c1. The van der Waals surface area contributed by atoms with Gasteiger partial charge in [0.1, 0.15) is 0 Å². The van der Waals surface area contributed by atoms with E-state index in [0.717, 1.165) is 0 Å². The van der Waals surface area contributed by atoms with Crippen LogP contribution in [0, 0.1) is 21.4 Å². The molecule has 19 heavy (non-hydrogen) atoms. The molecule has 0 N–H and O–H groups in total. The highest BCUT2D eigenvalue weighted by atomic mass is 35.5. The zero-order valence-corrected chi connectivity index (χ0v) is 11.1. The number of halogens is 1. The monoisotopic (exact) mass is 281 g/mol. The van der Waals surface area contributed by atoms with Gasteiger partial charge >= 0.3 is 0 Å². The van der Waals surface area contributed by atoms with Crippen molar-refractivity contribution < 1.29 is 9.72 Å². The van der Waals surface area contributed by atoms with Gasteiger partial charge < -0.3 is 4.90 Å². The number of benzene rings is 1. The van der Waals surface area contributed by atoms with Crippen molar-refractivity contribution in [3.05, 3.63) is 38.9 Å². The van der Waals surface area contributed by atoms with Crippen LogP contribution in [0.15, 0.2) is 18.2 Å². The Labute approximate surface area is 115 Å². The maximum Gasteiger partial charge on any atom is 0.271 e. The Kier molecular flexibility index (Phi) is 5.27. The molecule has 0 aliphatic heterocycles. The summed E-state index contributed by atoms with van der Waals surface area (Å²) in [5, 5.41) is 19.4. The lowest BCUT2D eigenvalue weighted by Crippen LogP contribution is -2.31. The van der Waals surface area contributed by atoms with Crippen molar-refractivity contribution in [3.63, 3.8) is 0 Å². The van der Waals surface area contributed by atoms with Gasteiger partial charge in [-0.25, -0.2) is 0 Å². The molecule has 0 atom stereocenters. The number of nitrogens with zero attached hydrogens (tertiary/aromatic N) is 3. The Hall–Kier alpha value is -2.13. The molecule has 0 unspecified atom stereocenters. The highest BCUT2D eigenvalue weighted by Gasteiger charge is 2.18. The van der Waals surface area contributed by atoms with Crippen molar-refractivity contribution in [3.8, 4) is 6.07 Å². The predicted molar refractivity (Wildman–Crippen MR) is 69.9 cm³/mol. The van der Waals surface area contributed by atoms with E-state index in [9.17, 15) is 14.9 Å². The van der Waals surface area contributed by atoms with Crippen LogP contribution >= 0.6 is 11.6 Å². The summed E-state index contributed by atoms with van der Waals surface area (Å²) in [6.07, 6.45) is 0.211. The molecule has 7 heteroatoms. The zero-order valence-electron chi connectivity index (χ0n) is 10.3. The zero-order chi connectivity index (χ0) is 14.4. The number of carbonyl (C=O) groups is 1. The number of hydrogen-bond donors (Lipinski definition) is 0. The van der Waals surface area contributed by atoms with Crippen LogP contribution in [-0.2, 0) is 0 Å². The van der Waals surface area contributed by atoms with E-state index in [0.29, 0.717) is 6.54 Å². The largest absolute Gasteiger partial charge is 0.338 e. The smallest absolute Gasteiger partial charge is 0.271 e. The van der Waals surface area contributed by atoms with Gasteiger partial charge in [0.2, 0.25) is 0 Å². The summed E-state index contributed by atoms with van der Waals surface area (Å²) in [6.45, 7) is 2.47. The Morgan fingerprint density at radius 2 is 2.21 bits per heavy atom. The molecule has 0 aliphatic rings. The number of hydrogen-bond acceptors (Lipinski definition) is 4. The molecule has 0 fully saturated rings. The molecule has 1 aromatic rings. The van der Waals surface area contributed by atoms with Gasteiger partial charge in [-0.3, -0.25) is 14.9 Å². The van der Waals surface area contributed by atoms with Gasteiger partial charge in [0.15, 0.2) is 0 Å². The van der Waals surface area contributed by atoms with Crippen molar-refractivity contribution in [2.45, 2.75) is 13.3 Å². The number of nitro benzene ring substituents is 1. The van der Waals surface area contributed by atoms with E-state index in [4.69, 9.17) is 16.9 Å². The second-order valence-corrected chi connectivity index (χ2v) is 4.18. The van der Waals surface area contributed by atoms with Crippen LogP contribution in [0.4, 0.5) is 5.69 Å². The molecule has 0 saturated carbocycles. The fourth-order valence-corrected chi connectivity index (χ4v) is 1.80. The minimum atomic E-state index is -0.603. The Balaban J connectivity index is 3.04. The highest BCUT2D eigenvalue weighted by molar-refractivity contribution is 6.31. The van der Waals surface area contributed by atoms with Crippen molar-refractivity contribution in [1.29, 1.82) is 5.26 Å². The number of non-ortho nitro benzene ring substituents is 1. The third-order valence-corrected chi connectivity index (χ3v) is 2.72. The minimum absolute atomic E-state index is 0.133. The number of nitro groups is 1. The number of carbonyl (C=O) groups excluding carboxylic acids is 1. The Bertz CT molecular complexity index is 540. The molecule has 1 aromatic carbocycles. The van der Waals surface area contributed by atoms with Crippen molar-refractivity contribution in [1.82, 2.24) is 4.90 Å². The lowest BCUT2D eigenvalue weighted by Gasteiger charge is -2.19. The van der Waals surface area contributed by atoms with E-state index in [2.05, 4.69) is 0 Å². The second-order valence-electron chi connectivity index (χ2n) is 3.75. The van der Waals surface area contributed by atoms with Crippen LogP contribution in [0.1, 0.15) is 23.7 Å². The average Bonchev–Trinajstić information content (AvgIpc) is 2.38. The predicted octanol–water partition coefficient (Wildman–Crippen LogP) is 2.62. The minimum Gasteiger partial charge on any atom is -0.338 e. The van der Waals surface area contributed by atoms with Crippen LogP contribution in [-0.4, -0.2) is 28.8 Å². The van der Waals surface area contributed by atoms with Gasteiger partial charge in [-0.2, -0.15) is 5.26 Å². The van der Waals surface area contributed by atoms with E-state index < -0.39 is 4.92 Å². The molecule has 100 valence electrons. The van der Waals surface area contributed by atoms with Crippen LogP contribution in [0.5, 0.6) is 0 Å². The molecule has 0 bridgehead atoms. The fourth-order valence-electron chi connectivity index (χ4n) is 1.57. The third kappa shape index (κ3) is 3.93. The first-order chi connectivity index (χ1) is 8.99. The lowest BCUT2D eigenvalue weighted by atomic mass is 10.1. The van der Waals surface area contributed by atoms with E-state index >= 15 is 0 Å². The average molecular weight is 282 g/mol. The molecule has 6 nitrogen and oxygen atoms in total. The van der Waals surface area contributed by atoms with E-state index in [1.165, 1.54) is 23.1 Å². The molecule has 0 aromatic heterocycles. The summed E-state index contributed by atoms with van der Waals surface area (Å²) in [5.41, 5.74) is -0.0776. The first kappa shape index (κ1) is 14.9. The van der Waals surface area contributed by atoms with Gasteiger partial charge in [-0.1, -0.05) is 11.6 Å². The summed E-state index contributed by atoms with van der Waals surface area (Å²) in [5.74, 6) is -0.372. The van der Waals surface area contributed by atoms with E-state index in [1.54, 1.807) is 6.92 Å². The lowest BCUT2D eigenvalue weighted by molar-refractivity contribution is -0.384. The van der Waals surface area contributed by atoms with Crippen LogP contribution in [0.3, 0.4) is 0 Å². The highest BCUT2D eigenvalue weighted by Crippen LogP contribution is 2.22. The molecule has 1 rings (SSSR count). The van der Waals surface area contributed by atoms with Gasteiger partial charge in [-0.05, 0) is 13.0 Å². The first-order valence-electron chi connectivity index (χ1n) is 5.60. The molecule has 0 heterocycles. The van der Waals surface area contributed by atoms with Crippen molar-refractivity contribution in [2.75, 3.05) is 13.1 Å². The van der Waals surface area contributed by atoms with Gasteiger partial charge in [0, 0.05) is 35.8 Å². The first-order valence-corrected chi connectivity index (χ1v) is 5.98. The summed E-state index contributed by atoms with van der Waals surface area (Å²) in [4.78, 5) is 23.7. The molecule has 0 saturated heterocycles. The third-order valence-electron chi connectivity index (χ3n) is 2.50. The standard InChI is InChI=1S/C12H12ClN3O3/c1-2-15(5-3-4-14)12(17)9-6-10(13)8-11(7-9)16(18)19/h6-8H,2-3,5H2,1H3.